The third kappa shape index (κ3) is 2.96. The number of furan rings is 1. The summed E-state index contributed by atoms with van der Waals surface area (Å²) in [6, 6.07) is 7.56. The zero-order chi connectivity index (χ0) is 13.0. The van der Waals surface area contributed by atoms with Crippen LogP contribution < -0.4 is 5.32 Å². The standard InChI is InChI=1S/C14H15F2NO/c1-2-17-14(9-11-4-3-7-18-11)10-5-6-12(15)13(16)8-10/h3-8,14,17H,2,9H2,1H3. The highest BCUT2D eigenvalue weighted by molar-refractivity contribution is 5.22. The molecule has 18 heavy (non-hydrogen) atoms. The van der Waals surface area contributed by atoms with Crippen molar-refractivity contribution in [2.45, 2.75) is 19.4 Å². The van der Waals surface area contributed by atoms with Crippen molar-refractivity contribution in [1.29, 1.82) is 0 Å². The molecule has 1 aromatic heterocycles. The molecule has 0 saturated carbocycles. The molecule has 0 aliphatic heterocycles. The molecule has 1 unspecified atom stereocenters. The van der Waals surface area contributed by atoms with Crippen molar-refractivity contribution >= 4 is 0 Å². The summed E-state index contributed by atoms with van der Waals surface area (Å²) in [6.07, 6.45) is 2.20. The Morgan fingerprint density at radius 3 is 2.67 bits per heavy atom. The molecule has 2 rings (SSSR count). The first-order chi connectivity index (χ1) is 8.70. The summed E-state index contributed by atoms with van der Waals surface area (Å²) in [5.41, 5.74) is 0.715. The normalized spacial score (nSPS) is 12.6. The van der Waals surface area contributed by atoms with Crippen LogP contribution in [0.15, 0.2) is 41.0 Å². The van der Waals surface area contributed by atoms with E-state index >= 15 is 0 Å². The van der Waals surface area contributed by atoms with Crippen LogP contribution in [0, 0.1) is 11.6 Å². The smallest absolute Gasteiger partial charge is 0.159 e. The first-order valence-corrected chi connectivity index (χ1v) is 5.91. The van der Waals surface area contributed by atoms with Gasteiger partial charge in [0.15, 0.2) is 11.6 Å². The van der Waals surface area contributed by atoms with Gasteiger partial charge >= 0.3 is 0 Å². The third-order valence-corrected chi connectivity index (χ3v) is 2.78. The highest BCUT2D eigenvalue weighted by Crippen LogP contribution is 2.20. The van der Waals surface area contributed by atoms with Gasteiger partial charge in [0.1, 0.15) is 5.76 Å². The molecule has 0 spiro atoms. The van der Waals surface area contributed by atoms with Crippen molar-refractivity contribution in [2.75, 3.05) is 6.54 Å². The summed E-state index contributed by atoms with van der Waals surface area (Å²) in [5.74, 6) is -0.840. The SMILES string of the molecule is CCNC(Cc1ccco1)c1ccc(F)c(F)c1. The molecule has 0 fully saturated rings. The minimum Gasteiger partial charge on any atom is -0.469 e. The molecule has 96 valence electrons. The van der Waals surface area contributed by atoms with Crippen LogP contribution in [0.2, 0.25) is 0 Å². The number of likely N-dealkylation sites (N-methyl/N-ethyl adjacent to an activating group) is 1. The quantitative estimate of drug-likeness (QED) is 0.880. The molecule has 4 heteroatoms. The van der Waals surface area contributed by atoms with E-state index in [4.69, 9.17) is 4.42 Å². The van der Waals surface area contributed by atoms with Crippen LogP contribution in [-0.2, 0) is 6.42 Å². The fourth-order valence-corrected chi connectivity index (χ4v) is 1.91. The van der Waals surface area contributed by atoms with Crippen LogP contribution >= 0.6 is 0 Å². The lowest BCUT2D eigenvalue weighted by atomic mass is 10.0. The summed E-state index contributed by atoms with van der Waals surface area (Å²) in [5, 5.41) is 3.23. The van der Waals surface area contributed by atoms with Crippen LogP contribution in [-0.4, -0.2) is 6.54 Å². The molecule has 2 aromatic rings. The van der Waals surface area contributed by atoms with Crippen molar-refractivity contribution < 1.29 is 13.2 Å². The van der Waals surface area contributed by atoms with Crippen LogP contribution in [0.25, 0.3) is 0 Å². The van der Waals surface area contributed by atoms with Gasteiger partial charge in [-0.1, -0.05) is 13.0 Å². The Balaban J connectivity index is 2.20. The maximum Gasteiger partial charge on any atom is 0.159 e. The number of halogens is 2. The van der Waals surface area contributed by atoms with E-state index < -0.39 is 11.6 Å². The minimum absolute atomic E-state index is 0.0868. The lowest BCUT2D eigenvalue weighted by Gasteiger charge is -2.17. The van der Waals surface area contributed by atoms with E-state index in [0.29, 0.717) is 12.0 Å². The molecule has 0 aliphatic carbocycles. The van der Waals surface area contributed by atoms with Gasteiger partial charge < -0.3 is 9.73 Å². The van der Waals surface area contributed by atoms with Gasteiger partial charge in [0.2, 0.25) is 0 Å². The van der Waals surface area contributed by atoms with Gasteiger partial charge in [0.25, 0.3) is 0 Å². The van der Waals surface area contributed by atoms with Crippen LogP contribution in [0.4, 0.5) is 8.78 Å². The number of nitrogens with one attached hydrogen (secondary N) is 1. The zero-order valence-corrected chi connectivity index (χ0v) is 10.1. The molecule has 1 heterocycles. The monoisotopic (exact) mass is 251 g/mol. The minimum atomic E-state index is -0.827. The van der Waals surface area contributed by atoms with E-state index in [0.717, 1.165) is 18.4 Å². The van der Waals surface area contributed by atoms with Crippen molar-refractivity contribution in [2.24, 2.45) is 0 Å². The van der Waals surface area contributed by atoms with E-state index in [2.05, 4.69) is 5.32 Å². The molecule has 1 atom stereocenters. The largest absolute Gasteiger partial charge is 0.469 e. The molecule has 1 aromatic carbocycles. The average Bonchev–Trinajstić information content (AvgIpc) is 2.85. The molecule has 0 radical (unpaired) electrons. The van der Waals surface area contributed by atoms with Gasteiger partial charge in [0, 0.05) is 12.5 Å². The molecule has 0 aliphatic rings. The Kier molecular flexibility index (Phi) is 4.10. The second kappa shape index (κ2) is 5.78. The van der Waals surface area contributed by atoms with Crippen molar-refractivity contribution in [1.82, 2.24) is 5.32 Å². The van der Waals surface area contributed by atoms with Crippen LogP contribution in [0.3, 0.4) is 0 Å². The fraction of sp³-hybridized carbons (Fsp3) is 0.286. The fourth-order valence-electron chi connectivity index (χ4n) is 1.91. The summed E-state index contributed by atoms with van der Waals surface area (Å²) in [6.45, 7) is 2.71. The predicted octanol–water partition coefficient (Wildman–Crippen LogP) is 3.45. The van der Waals surface area contributed by atoms with E-state index in [1.54, 1.807) is 12.3 Å². The number of benzene rings is 1. The van der Waals surface area contributed by atoms with Gasteiger partial charge in [-0.3, -0.25) is 0 Å². The summed E-state index contributed by atoms with van der Waals surface area (Å²) in [4.78, 5) is 0. The van der Waals surface area contributed by atoms with Gasteiger partial charge in [-0.05, 0) is 36.4 Å². The summed E-state index contributed by atoms with van der Waals surface area (Å²) in [7, 11) is 0. The number of hydrogen-bond donors (Lipinski definition) is 1. The molecular weight excluding hydrogens is 236 g/mol. The van der Waals surface area contributed by atoms with Crippen LogP contribution in [0.5, 0.6) is 0 Å². The molecular formula is C14H15F2NO. The van der Waals surface area contributed by atoms with E-state index in [1.165, 1.54) is 6.07 Å². The third-order valence-electron chi connectivity index (χ3n) is 2.78. The Bertz CT molecular complexity index is 497. The first-order valence-electron chi connectivity index (χ1n) is 5.91. The van der Waals surface area contributed by atoms with Crippen molar-refractivity contribution in [3.63, 3.8) is 0 Å². The predicted molar refractivity (Wildman–Crippen MR) is 65.2 cm³/mol. The highest BCUT2D eigenvalue weighted by atomic mass is 19.2. The van der Waals surface area contributed by atoms with Crippen molar-refractivity contribution in [3.8, 4) is 0 Å². The lowest BCUT2D eigenvalue weighted by Crippen LogP contribution is -2.23. The van der Waals surface area contributed by atoms with Gasteiger partial charge in [-0.25, -0.2) is 8.78 Å². The zero-order valence-electron chi connectivity index (χ0n) is 10.1. The van der Waals surface area contributed by atoms with Gasteiger partial charge in [-0.2, -0.15) is 0 Å². The Morgan fingerprint density at radius 2 is 2.06 bits per heavy atom. The topological polar surface area (TPSA) is 25.2 Å². The lowest BCUT2D eigenvalue weighted by molar-refractivity contribution is 0.450. The maximum absolute atomic E-state index is 13.2. The second-order valence-corrected chi connectivity index (χ2v) is 4.07. The Labute approximate surface area is 105 Å². The van der Waals surface area contributed by atoms with Crippen LogP contribution in [0.1, 0.15) is 24.3 Å². The van der Waals surface area contributed by atoms with Gasteiger partial charge in [0.05, 0.1) is 6.26 Å². The number of rotatable bonds is 5. The van der Waals surface area contributed by atoms with Gasteiger partial charge in [-0.15, -0.1) is 0 Å². The Hall–Kier alpha value is -1.68. The highest BCUT2D eigenvalue weighted by Gasteiger charge is 2.14. The molecule has 0 amide bonds. The molecule has 0 bridgehead atoms. The molecule has 0 saturated heterocycles. The Morgan fingerprint density at radius 1 is 1.22 bits per heavy atom. The van der Waals surface area contributed by atoms with E-state index in [9.17, 15) is 8.78 Å². The maximum atomic E-state index is 13.2. The molecule has 2 nitrogen and oxygen atoms in total. The summed E-state index contributed by atoms with van der Waals surface area (Å²) >= 11 is 0. The average molecular weight is 251 g/mol. The second-order valence-electron chi connectivity index (χ2n) is 4.07. The molecule has 1 N–H and O–H groups in total. The van der Waals surface area contributed by atoms with E-state index in [1.807, 2.05) is 19.1 Å². The van der Waals surface area contributed by atoms with Crippen molar-refractivity contribution in [3.05, 3.63) is 59.6 Å². The van der Waals surface area contributed by atoms with E-state index in [-0.39, 0.29) is 6.04 Å². The first kappa shape index (κ1) is 12.8. The number of hydrogen-bond acceptors (Lipinski definition) is 2. The summed E-state index contributed by atoms with van der Waals surface area (Å²) < 4.78 is 31.4.